The maximum absolute atomic E-state index is 14.2. The minimum absolute atomic E-state index is 0.257. The highest BCUT2D eigenvalue weighted by atomic mass is 19.4. The molecule has 1 unspecified atom stereocenters. The Kier molecular flexibility index (Phi) is 6.38. The summed E-state index contributed by atoms with van der Waals surface area (Å²) in [5, 5.41) is 21.6. The van der Waals surface area contributed by atoms with Gasteiger partial charge in [-0.25, -0.2) is 4.39 Å². The van der Waals surface area contributed by atoms with E-state index in [-0.39, 0.29) is 11.4 Å². The van der Waals surface area contributed by atoms with Gasteiger partial charge in [-0.05, 0) is 0 Å². The van der Waals surface area contributed by atoms with Crippen LogP contribution in [0.15, 0.2) is 12.1 Å². The van der Waals surface area contributed by atoms with Gasteiger partial charge in [0.05, 0.1) is 15.9 Å². The van der Waals surface area contributed by atoms with Crippen molar-refractivity contribution in [2.75, 3.05) is 5.32 Å². The molecule has 1 rings (SSSR count). The van der Waals surface area contributed by atoms with Gasteiger partial charge in [-0.2, -0.15) is 48.3 Å². The van der Waals surface area contributed by atoms with Crippen molar-refractivity contribution in [2.24, 2.45) is 0 Å². The average Bonchev–Trinajstić information content (AvgIpc) is 2.57. The van der Waals surface area contributed by atoms with Crippen molar-refractivity contribution in [2.45, 2.75) is 29.9 Å². The molecule has 0 spiro atoms. The summed E-state index contributed by atoms with van der Waals surface area (Å²) in [5.41, 5.74) is -13.1. The number of alkyl halides is 11. The molecule has 180 valence electrons. The van der Waals surface area contributed by atoms with Crippen molar-refractivity contribution in [3.05, 3.63) is 38.2 Å². The van der Waals surface area contributed by atoms with Gasteiger partial charge in [-0.15, -0.1) is 0 Å². The van der Waals surface area contributed by atoms with Crippen LogP contribution in [0.2, 0.25) is 0 Å². The Bertz CT molecular complexity index is 960. The number of nitro groups is 2. The van der Waals surface area contributed by atoms with Crippen molar-refractivity contribution in [3.8, 4) is 0 Å². The summed E-state index contributed by atoms with van der Waals surface area (Å²) in [6, 6.07) is -0.939. The van der Waals surface area contributed by atoms with Crippen LogP contribution in [-0.2, 0) is 4.79 Å². The second-order valence-electron chi connectivity index (χ2n) is 5.59. The molecule has 1 aromatic rings. The first-order chi connectivity index (χ1) is 14.0. The van der Waals surface area contributed by atoms with Gasteiger partial charge in [-0.1, -0.05) is 0 Å². The van der Waals surface area contributed by atoms with E-state index in [1.807, 2.05) is 0 Å². The molecule has 0 radical (unpaired) electrons. The summed E-state index contributed by atoms with van der Waals surface area (Å²) in [4.78, 5) is 29.4. The molecule has 0 heterocycles. The maximum atomic E-state index is 14.2. The smallest absolute Gasteiger partial charge is 0.317 e. The monoisotopic (exact) mass is 497 g/mol. The number of nitro benzene ring substituents is 2. The number of carbonyl (C=O) groups is 1. The van der Waals surface area contributed by atoms with Gasteiger partial charge in [-0.3, -0.25) is 25.0 Å². The molecule has 0 aliphatic heterocycles. The van der Waals surface area contributed by atoms with Crippen LogP contribution in [0.4, 0.5) is 69.7 Å². The van der Waals surface area contributed by atoms with E-state index in [0.717, 1.165) is 0 Å². The van der Waals surface area contributed by atoms with Crippen molar-refractivity contribution in [1.29, 1.82) is 0 Å². The molecule has 8 nitrogen and oxygen atoms in total. The number of rotatable bonds is 6. The average molecular weight is 497 g/mol. The number of hydrogen-bond acceptors (Lipinski definition) is 5. The molecule has 0 fully saturated rings. The number of amides is 1. The number of nitrogens with zero attached hydrogens (tertiary/aromatic N) is 2. The van der Waals surface area contributed by atoms with Gasteiger partial charge >= 0.3 is 35.6 Å². The Morgan fingerprint density at radius 1 is 0.750 bits per heavy atom. The molecule has 0 bridgehead atoms. The summed E-state index contributed by atoms with van der Waals surface area (Å²) in [6.07, 6.45) is -15.0. The number of hydrogen-bond donors (Lipinski definition) is 1. The number of halogens is 12. The third-order valence-electron chi connectivity index (χ3n) is 3.59. The maximum Gasteiger partial charge on any atom is 0.460 e. The summed E-state index contributed by atoms with van der Waals surface area (Å²) in [6.45, 7) is 0. The predicted octanol–water partition coefficient (Wildman–Crippen LogP) is 4.68. The fraction of sp³-hybridized carbons (Fsp3) is 0.417. The molecule has 20 heteroatoms. The van der Waals surface area contributed by atoms with Crippen LogP contribution in [0.5, 0.6) is 0 Å². The quantitative estimate of drug-likeness (QED) is 0.348. The molecule has 0 saturated heterocycles. The van der Waals surface area contributed by atoms with Gasteiger partial charge in [0.25, 0.3) is 11.6 Å². The third kappa shape index (κ3) is 3.95. The van der Waals surface area contributed by atoms with E-state index in [2.05, 4.69) is 0 Å². The summed E-state index contributed by atoms with van der Waals surface area (Å²) in [7, 11) is 0. The second kappa shape index (κ2) is 7.65. The van der Waals surface area contributed by atoms with Crippen LogP contribution < -0.4 is 5.32 Å². The number of carbonyl (C=O) groups excluding carboxylic acids is 1. The minimum Gasteiger partial charge on any atom is -0.317 e. The molecule has 0 saturated carbocycles. The lowest BCUT2D eigenvalue weighted by Crippen LogP contribution is -2.71. The Morgan fingerprint density at radius 3 is 1.53 bits per heavy atom. The molecular formula is C12H3F12N3O5. The zero-order chi connectivity index (χ0) is 25.7. The zero-order valence-corrected chi connectivity index (χ0v) is 14.1. The first-order valence-electron chi connectivity index (χ1n) is 7.05. The van der Waals surface area contributed by atoms with Gasteiger partial charge in [0, 0.05) is 6.07 Å². The van der Waals surface area contributed by atoms with Crippen LogP contribution in [0.1, 0.15) is 0 Å². The molecule has 1 amide bonds. The normalized spacial score (nSPS) is 15.1. The summed E-state index contributed by atoms with van der Waals surface area (Å²) < 4.78 is 156. The van der Waals surface area contributed by atoms with Crippen LogP contribution in [0.25, 0.3) is 0 Å². The van der Waals surface area contributed by atoms with Gasteiger partial charge in [0.1, 0.15) is 5.69 Å². The van der Waals surface area contributed by atoms with Crippen molar-refractivity contribution >= 4 is 23.0 Å². The lowest BCUT2D eigenvalue weighted by atomic mass is 9.90. The van der Waals surface area contributed by atoms with Crippen molar-refractivity contribution < 1.29 is 67.3 Å². The van der Waals surface area contributed by atoms with Crippen molar-refractivity contribution in [1.82, 2.24) is 0 Å². The lowest BCUT2D eigenvalue weighted by Gasteiger charge is -2.38. The highest BCUT2D eigenvalue weighted by Gasteiger charge is 2.89. The molecule has 0 aliphatic rings. The van der Waals surface area contributed by atoms with Crippen LogP contribution in [0, 0.1) is 26.0 Å². The second-order valence-corrected chi connectivity index (χ2v) is 5.59. The van der Waals surface area contributed by atoms with Gasteiger partial charge < -0.3 is 5.32 Å². The van der Waals surface area contributed by atoms with E-state index in [0.29, 0.717) is 0 Å². The fourth-order valence-corrected chi connectivity index (χ4v) is 1.99. The number of nitrogens with one attached hydrogen (secondary N) is 1. The molecular weight excluding hydrogens is 494 g/mol. The van der Waals surface area contributed by atoms with Crippen LogP contribution >= 0.6 is 0 Å². The largest absolute Gasteiger partial charge is 0.460 e. The number of anilines is 1. The Labute approximate surface area is 165 Å². The van der Waals surface area contributed by atoms with Gasteiger partial charge in [0.15, 0.2) is 0 Å². The van der Waals surface area contributed by atoms with E-state index in [9.17, 15) is 77.7 Å². The van der Waals surface area contributed by atoms with E-state index >= 15 is 0 Å². The standard InChI is InChI=1S/C12H3F12N3O5/c13-3-1-4(6(27(31)32)2-5(3)26(29)30)25-7(28)8(14,11(19,20)21)9(15,16)10(17,18)12(22,23)24/h1-2H,(H,25,28). The minimum atomic E-state index is -7.89. The summed E-state index contributed by atoms with van der Waals surface area (Å²) >= 11 is 0. The zero-order valence-electron chi connectivity index (χ0n) is 14.1. The molecule has 32 heavy (non-hydrogen) atoms. The first-order valence-corrected chi connectivity index (χ1v) is 7.05. The fourth-order valence-electron chi connectivity index (χ4n) is 1.99. The molecule has 1 atom stereocenters. The predicted molar refractivity (Wildman–Crippen MR) is 74.2 cm³/mol. The SMILES string of the molecule is O=C(Nc1cc(F)c([N+](=O)[O-])cc1[N+](=O)[O-])C(F)(C(F)(F)F)C(F)(F)C(F)(F)C(F)(F)F. The van der Waals surface area contributed by atoms with E-state index < -0.39 is 74.6 Å². The topological polar surface area (TPSA) is 115 Å². The van der Waals surface area contributed by atoms with E-state index in [1.165, 1.54) is 0 Å². The van der Waals surface area contributed by atoms with E-state index in [4.69, 9.17) is 0 Å². The Balaban J connectivity index is 3.74. The van der Waals surface area contributed by atoms with E-state index in [1.54, 1.807) is 0 Å². The van der Waals surface area contributed by atoms with Gasteiger partial charge in [0.2, 0.25) is 5.82 Å². The highest BCUT2D eigenvalue weighted by Crippen LogP contribution is 2.57. The molecule has 0 aromatic heterocycles. The Morgan fingerprint density at radius 2 is 1.19 bits per heavy atom. The molecule has 0 aliphatic carbocycles. The third-order valence-corrected chi connectivity index (χ3v) is 3.59. The van der Waals surface area contributed by atoms with Crippen molar-refractivity contribution in [3.63, 3.8) is 0 Å². The van der Waals surface area contributed by atoms with Crippen LogP contribution in [-0.4, -0.2) is 45.6 Å². The number of benzene rings is 1. The molecule has 1 aromatic carbocycles. The Hall–Kier alpha value is -3.35. The lowest BCUT2D eigenvalue weighted by molar-refractivity contribution is -0.401. The van der Waals surface area contributed by atoms with Crippen LogP contribution in [0.3, 0.4) is 0 Å². The first kappa shape index (κ1) is 26.7. The highest BCUT2D eigenvalue weighted by molar-refractivity contribution is 6.00. The molecule has 1 N–H and O–H groups in total. The summed E-state index contributed by atoms with van der Waals surface area (Å²) in [5.74, 6) is -21.9.